The molecule has 0 bridgehead atoms. The third kappa shape index (κ3) is 4.84. The molecule has 0 aliphatic carbocycles. The maximum Gasteiger partial charge on any atom is 0.187 e. The van der Waals surface area contributed by atoms with E-state index < -0.39 is 0 Å². The van der Waals surface area contributed by atoms with Crippen molar-refractivity contribution in [1.29, 1.82) is 0 Å². The van der Waals surface area contributed by atoms with Gasteiger partial charge in [-0.2, -0.15) is 0 Å². The molecular weight excluding hydrogens is 260 g/mol. The third-order valence-electron chi connectivity index (χ3n) is 2.28. The van der Waals surface area contributed by atoms with Crippen molar-refractivity contribution >= 4 is 11.8 Å². The van der Waals surface area contributed by atoms with Crippen molar-refractivity contribution in [2.45, 2.75) is 18.1 Å². The van der Waals surface area contributed by atoms with E-state index >= 15 is 0 Å². The first-order valence-corrected chi connectivity index (χ1v) is 6.92. The number of nitrogens with two attached hydrogens (primary N) is 1. The summed E-state index contributed by atoms with van der Waals surface area (Å²) in [4.78, 5) is 12.3. The first-order valence-electron chi connectivity index (χ1n) is 5.94. The summed E-state index contributed by atoms with van der Waals surface area (Å²) in [7, 11) is 0. The Morgan fingerprint density at radius 2 is 2.11 bits per heavy atom. The van der Waals surface area contributed by atoms with Crippen molar-refractivity contribution in [3.8, 4) is 5.75 Å². The number of aryl methyl sites for hydroxylation is 1. The van der Waals surface area contributed by atoms with Gasteiger partial charge in [0.05, 0.1) is 6.20 Å². The molecule has 0 aliphatic heterocycles. The molecule has 0 saturated carbocycles. The first-order chi connectivity index (χ1) is 9.24. The molecule has 0 aromatic carbocycles. The van der Waals surface area contributed by atoms with Gasteiger partial charge < -0.3 is 10.5 Å². The van der Waals surface area contributed by atoms with E-state index in [0.29, 0.717) is 12.4 Å². The quantitative estimate of drug-likeness (QED) is 0.639. The molecule has 2 aromatic rings. The Kier molecular flexibility index (Phi) is 5.11. The summed E-state index contributed by atoms with van der Waals surface area (Å²) in [5.41, 5.74) is 7.05. The maximum absolute atomic E-state index is 5.99. The van der Waals surface area contributed by atoms with Crippen LogP contribution < -0.4 is 10.5 Å². The van der Waals surface area contributed by atoms with Gasteiger partial charge in [-0.25, -0.2) is 9.97 Å². The molecule has 2 heterocycles. The van der Waals surface area contributed by atoms with Gasteiger partial charge in [0, 0.05) is 30.4 Å². The lowest BCUT2D eigenvalue weighted by atomic mass is 10.3. The Hall–Kier alpha value is -1.66. The van der Waals surface area contributed by atoms with Crippen molar-refractivity contribution < 1.29 is 4.74 Å². The average Bonchev–Trinajstić information content (AvgIpc) is 2.44. The normalized spacial score (nSPS) is 12.1. The number of hydrogen-bond acceptors (Lipinski definition) is 6. The van der Waals surface area contributed by atoms with Crippen molar-refractivity contribution in [3.63, 3.8) is 0 Å². The molecule has 0 radical (unpaired) electrons. The summed E-state index contributed by atoms with van der Waals surface area (Å²) in [6.07, 6.45) is 6.91. The molecule has 19 heavy (non-hydrogen) atoms. The first kappa shape index (κ1) is 13.8. The van der Waals surface area contributed by atoms with E-state index in [-0.39, 0.29) is 6.04 Å². The van der Waals surface area contributed by atoms with Crippen molar-refractivity contribution in [2.75, 3.05) is 12.4 Å². The van der Waals surface area contributed by atoms with Gasteiger partial charge >= 0.3 is 0 Å². The van der Waals surface area contributed by atoms with Gasteiger partial charge in [-0.15, -0.1) is 0 Å². The van der Waals surface area contributed by atoms with Crippen LogP contribution >= 0.6 is 11.8 Å². The highest BCUT2D eigenvalue weighted by Crippen LogP contribution is 2.13. The summed E-state index contributed by atoms with van der Waals surface area (Å²) in [5.74, 6) is 1.46. The van der Waals surface area contributed by atoms with Gasteiger partial charge in [0.1, 0.15) is 12.4 Å². The third-order valence-corrected chi connectivity index (χ3v) is 3.35. The highest BCUT2D eigenvalue weighted by atomic mass is 32.2. The predicted molar refractivity (Wildman–Crippen MR) is 75.2 cm³/mol. The molecular formula is C13H16N4OS. The monoisotopic (exact) mass is 276 g/mol. The van der Waals surface area contributed by atoms with Gasteiger partial charge in [0.25, 0.3) is 0 Å². The molecule has 0 saturated heterocycles. The van der Waals surface area contributed by atoms with Crippen LogP contribution in [0.3, 0.4) is 0 Å². The largest absolute Gasteiger partial charge is 0.490 e. The van der Waals surface area contributed by atoms with E-state index in [2.05, 4.69) is 15.0 Å². The summed E-state index contributed by atoms with van der Waals surface area (Å²) in [5, 5.41) is 0.732. The fourth-order valence-corrected chi connectivity index (χ4v) is 2.13. The lowest BCUT2D eigenvalue weighted by Crippen LogP contribution is -2.30. The number of rotatable bonds is 6. The van der Waals surface area contributed by atoms with Crippen LogP contribution in [-0.4, -0.2) is 33.4 Å². The summed E-state index contributed by atoms with van der Waals surface area (Å²) < 4.78 is 5.60. The molecule has 1 atom stereocenters. The van der Waals surface area contributed by atoms with Crippen LogP contribution in [0.4, 0.5) is 0 Å². The molecule has 2 rings (SSSR count). The fourth-order valence-electron chi connectivity index (χ4n) is 1.40. The van der Waals surface area contributed by atoms with Crippen LogP contribution in [-0.2, 0) is 0 Å². The van der Waals surface area contributed by atoms with Crippen molar-refractivity contribution in [3.05, 3.63) is 42.5 Å². The van der Waals surface area contributed by atoms with E-state index in [1.165, 1.54) is 11.8 Å². The second kappa shape index (κ2) is 7.06. The van der Waals surface area contributed by atoms with Gasteiger partial charge in [0.2, 0.25) is 0 Å². The Morgan fingerprint density at radius 1 is 1.32 bits per heavy atom. The summed E-state index contributed by atoms with van der Waals surface area (Å²) >= 11 is 1.52. The van der Waals surface area contributed by atoms with Crippen LogP contribution in [0.1, 0.15) is 5.56 Å². The molecule has 100 valence electrons. The topological polar surface area (TPSA) is 73.9 Å². The number of ether oxygens (including phenoxy) is 1. The lowest BCUT2D eigenvalue weighted by molar-refractivity contribution is 0.296. The molecule has 6 heteroatoms. The van der Waals surface area contributed by atoms with E-state index in [9.17, 15) is 0 Å². The minimum Gasteiger partial charge on any atom is -0.490 e. The minimum atomic E-state index is -0.0747. The van der Waals surface area contributed by atoms with E-state index in [0.717, 1.165) is 16.5 Å². The van der Waals surface area contributed by atoms with Crippen molar-refractivity contribution in [2.24, 2.45) is 5.73 Å². The fraction of sp³-hybridized carbons (Fsp3) is 0.308. The zero-order valence-electron chi connectivity index (χ0n) is 10.7. The molecule has 0 spiro atoms. The number of aromatic nitrogens is 3. The van der Waals surface area contributed by atoms with Crippen LogP contribution in [0.25, 0.3) is 0 Å². The second-order valence-electron chi connectivity index (χ2n) is 4.11. The zero-order chi connectivity index (χ0) is 13.5. The van der Waals surface area contributed by atoms with Crippen LogP contribution in [0.5, 0.6) is 5.75 Å². The lowest BCUT2D eigenvalue weighted by Gasteiger charge is -2.12. The van der Waals surface area contributed by atoms with Crippen molar-refractivity contribution in [1.82, 2.24) is 15.0 Å². The van der Waals surface area contributed by atoms with E-state index in [1.54, 1.807) is 30.9 Å². The molecule has 0 amide bonds. The van der Waals surface area contributed by atoms with Gasteiger partial charge in [-0.3, -0.25) is 4.98 Å². The van der Waals surface area contributed by atoms with Crippen LogP contribution in [0.2, 0.25) is 0 Å². The number of hydrogen-bond donors (Lipinski definition) is 1. The minimum absolute atomic E-state index is 0.0747. The van der Waals surface area contributed by atoms with E-state index in [1.807, 2.05) is 13.0 Å². The summed E-state index contributed by atoms with van der Waals surface area (Å²) in [6.45, 7) is 2.42. The van der Waals surface area contributed by atoms with Crippen LogP contribution in [0, 0.1) is 6.92 Å². The van der Waals surface area contributed by atoms with E-state index in [4.69, 9.17) is 10.5 Å². The SMILES string of the molecule is Cc1cncc(OCC(N)CSc2ncccn2)c1. The molecule has 2 N–H and O–H groups in total. The average molecular weight is 276 g/mol. The second-order valence-corrected chi connectivity index (χ2v) is 5.10. The maximum atomic E-state index is 5.99. The number of thioether (sulfide) groups is 1. The Bertz CT molecular complexity index is 509. The molecule has 2 aromatic heterocycles. The Morgan fingerprint density at radius 3 is 2.84 bits per heavy atom. The van der Waals surface area contributed by atoms with Gasteiger partial charge in [-0.05, 0) is 24.6 Å². The Labute approximate surface area is 116 Å². The molecule has 0 aliphatic rings. The number of nitrogens with zero attached hydrogens (tertiary/aromatic N) is 3. The zero-order valence-corrected chi connectivity index (χ0v) is 11.5. The predicted octanol–water partition coefficient (Wildman–Crippen LogP) is 1.68. The smallest absolute Gasteiger partial charge is 0.187 e. The molecule has 5 nitrogen and oxygen atoms in total. The van der Waals surface area contributed by atoms with Crippen LogP contribution in [0.15, 0.2) is 42.1 Å². The Balaban J connectivity index is 1.74. The highest BCUT2D eigenvalue weighted by Gasteiger charge is 2.06. The summed E-state index contributed by atoms with van der Waals surface area (Å²) in [6, 6.07) is 3.65. The standard InChI is InChI=1S/C13H16N4OS/c1-10-5-12(7-15-6-10)18-8-11(14)9-19-13-16-3-2-4-17-13/h2-7,11H,8-9,14H2,1H3. The molecule has 0 fully saturated rings. The highest BCUT2D eigenvalue weighted by molar-refractivity contribution is 7.99. The van der Waals surface area contributed by atoms with Gasteiger partial charge in [0.15, 0.2) is 5.16 Å². The van der Waals surface area contributed by atoms with Gasteiger partial charge in [-0.1, -0.05) is 11.8 Å². The molecule has 1 unspecified atom stereocenters. The number of pyridine rings is 1.